The van der Waals surface area contributed by atoms with Crippen molar-refractivity contribution in [2.24, 2.45) is 0 Å². The number of nitrogens with one attached hydrogen (secondary N) is 1. The van der Waals surface area contributed by atoms with Crippen LogP contribution in [0.15, 0.2) is 52.9 Å². The minimum atomic E-state index is -4.73. The monoisotopic (exact) mass is 473 g/mol. The quantitative estimate of drug-likeness (QED) is 0.409. The fourth-order valence-corrected chi connectivity index (χ4v) is 3.97. The normalized spacial score (nSPS) is 12.3. The first kappa shape index (κ1) is 23.0. The molecule has 0 spiro atoms. The molecule has 31 heavy (non-hydrogen) atoms. The smallest absolute Gasteiger partial charge is 0.497 e. The van der Waals surface area contributed by atoms with Crippen LogP contribution < -0.4 is 19.5 Å². The van der Waals surface area contributed by atoms with E-state index in [1.807, 2.05) is 0 Å². The van der Waals surface area contributed by atoms with Crippen molar-refractivity contribution in [1.29, 1.82) is 0 Å². The van der Waals surface area contributed by atoms with Crippen molar-refractivity contribution in [3.8, 4) is 17.2 Å². The lowest BCUT2D eigenvalue weighted by Crippen LogP contribution is -2.19. The molecule has 0 fully saturated rings. The van der Waals surface area contributed by atoms with E-state index in [9.17, 15) is 18.3 Å². The number of rotatable bonds is 10. The first-order chi connectivity index (χ1) is 14.8. The van der Waals surface area contributed by atoms with Crippen molar-refractivity contribution < 1.29 is 32.5 Å². The molecular weight excluding hydrogens is 455 g/mol. The van der Waals surface area contributed by atoms with Crippen molar-refractivity contribution in [2.45, 2.75) is 16.8 Å². The van der Waals surface area contributed by atoms with Crippen LogP contribution in [0.4, 0.5) is 24.0 Å². The van der Waals surface area contributed by atoms with Crippen molar-refractivity contribution in [1.82, 2.24) is 10.2 Å². The molecule has 0 aliphatic carbocycles. The Morgan fingerprint density at radius 2 is 1.68 bits per heavy atom. The largest absolute Gasteiger partial charge is 0.573 e. The van der Waals surface area contributed by atoms with Gasteiger partial charge in [0.25, 0.3) is 0 Å². The molecule has 7 nitrogen and oxygen atoms in total. The number of nitrogens with zero attached hydrogens (tertiary/aromatic N) is 2. The third kappa shape index (κ3) is 7.81. The fourth-order valence-electron chi connectivity index (χ4n) is 2.26. The summed E-state index contributed by atoms with van der Waals surface area (Å²) in [7, 11) is 1.58. The average molecular weight is 473 g/mol. The van der Waals surface area contributed by atoms with Gasteiger partial charge < -0.3 is 24.6 Å². The maximum Gasteiger partial charge on any atom is 0.573 e. The minimum Gasteiger partial charge on any atom is -0.497 e. The maximum absolute atomic E-state index is 12.2. The molecule has 0 saturated heterocycles. The second-order valence-corrected chi connectivity index (χ2v) is 8.27. The molecule has 3 rings (SSSR count). The maximum atomic E-state index is 12.2. The lowest BCUT2D eigenvalue weighted by atomic mass is 10.3. The van der Waals surface area contributed by atoms with E-state index in [-0.39, 0.29) is 12.4 Å². The second kappa shape index (κ2) is 10.6. The molecule has 1 unspecified atom stereocenters. The standard InChI is InChI=1S/C19H18F3N3O4S2/c1-27-14-6-8-15(9-7-14)28-10-13(26)11-30-18-25-24-17(31-18)23-12-2-4-16(5-3-12)29-19(20,21)22/h2-9,13,26H,10-11H2,1H3,(H,23,24). The minimum absolute atomic E-state index is 0.121. The number of halogens is 3. The Hall–Kier alpha value is -2.70. The zero-order chi connectivity index (χ0) is 22.3. The van der Waals surface area contributed by atoms with Crippen molar-refractivity contribution in [3.05, 3.63) is 48.5 Å². The molecular formula is C19H18F3N3O4S2. The topological polar surface area (TPSA) is 85.7 Å². The van der Waals surface area contributed by atoms with Crippen LogP contribution in [-0.4, -0.2) is 47.2 Å². The van der Waals surface area contributed by atoms with Crippen molar-refractivity contribution in [3.63, 3.8) is 0 Å². The molecule has 1 aromatic heterocycles. The summed E-state index contributed by atoms with van der Waals surface area (Å²) in [5, 5.41) is 21.5. The number of aromatic nitrogens is 2. The van der Waals surface area contributed by atoms with E-state index in [1.165, 1.54) is 47.4 Å². The molecule has 0 bridgehead atoms. The predicted molar refractivity (Wildman–Crippen MR) is 112 cm³/mol. The van der Waals surface area contributed by atoms with Gasteiger partial charge in [-0.05, 0) is 48.5 Å². The Balaban J connectivity index is 1.43. The summed E-state index contributed by atoms with van der Waals surface area (Å²) in [6.07, 6.45) is -5.45. The molecule has 166 valence electrons. The van der Waals surface area contributed by atoms with Gasteiger partial charge in [0.05, 0.1) is 13.2 Å². The highest BCUT2D eigenvalue weighted by molar-refractivity contribution is 8.01. The zero-order valence-corrected chi connectivity index (χ0v) is 17.8. The highest BCUT2D eigenvalue weighted by Gasteiger charge is 2.30. The number of aliphatic hydroxyl groups excluding tert-OH is 1. The molecule has 12 heteroatoms. The molecule has 0 aliphatic heterocycles. The SMILES string of the molecule is COc1ccc(OCC(O)CSc2nnc(Nc3ccc(OC(F)(F)F)cc3)s2)cc1. The van der Waals surface area contributed by atoms with Gasteiger partial charge in [0, 0.05) is 11.4 Å². The van der Waals surface area contributed by atoms with Gasteiger partial charge >= 0.3 is 6.36 Å². The molecule has 0 amide bonds. The number of ether oxygens (including phenoxy) is 3. The molecule has 0 aliphatic rings. The highest BCUT2D eigenvalue weighted by atomic mass is 32.2. The Labute approximate surface area is 184 Å². The summed E-state index contributed by atoms with van der Waals surface area (Å²) in [5.74, 6) is 1.39. The highest BCUT2D eigenvalue weighted by Crippen LogP contribution is 2.29. The molecule has 1 atom stereocenters. The molecule has 3 aromatic rings. The summed E-state index contributed by atoms with van der Waals surface area (Å²) in [6.45, 7) is 0.121. The second-order valence-electron chi connectivity index (χ2n) is 6.02. The number of thioether (sulfide) groups is 1. The van der Waals surface area contributed by atoms with E-state index < -0.39 is 12.5 Å². The molecule has 2 aromatic carbocycles. The van der Waals surface area contributed by atoms with Gasteiger partial charge in [-0.2, -0.15) is 0 Å². The predicted octanol–water partition coefficient (Wildman–Crippen LogP) is 4.72. The number of aliphatic hydroxyl groups is 1. The zero-order valence-electron chi connectivity index (χ0n) is 16.1. The number of alkyl halides is 3. The first-order valence-electron chi connectivity index (χ1n) is 8.85. The van der Waals surface area contributed by atoms with Gasteiger partial charge in [-0.3, -0.25) is 0 Å². The number of hydrogen-bond acceptors (Lipinski definition) is 9. The van der Waals surface area contributed by atoms with Crippen molar-refractivity contribution >= 4 is 33.9 Å². The lowest BCUT2D eigenvalue weighted by molar-refractivity contribution is -0.274. The van der Waals surface area contributed by atoms with E-state index in [1.54, 1.807) is 31.4 Å². The Kier molecular flexibility index (Phi) is 7.82. The van der Waals surface area contributed by atoms with Crippen LogP contribution in [0, 0.1) is 0 Å². The van der Waals surface area contributed by atoms with Crippen LogP contribution in [-0.2, 0) is 0 Å². The summed E-state index contributed by atoms with van der Waals surface area (Å²) in [6, 6.07) is 12.3. The van der Waals surface area contributed by atoms with E-state index in [2.05, 4.69) is 20.3 Å². The van der Waals surface area contributed by atoms with Crippen LogP contribution in [0.1, 0.15) is 0 Å². The summed E-state index contributed by atoms with van der Waals surface area (Å²) in [5.41, 5.74) is 0.537. The van der Waals surface area contributed by atoms with Crippen LogP contribution in [0.5, 0.6) is 17.2 Å². The lowest BCUT2D eigenvalue weighted by Gasteiger charge is -2.11. The number of anilines is 2. The third-order valence-electron chi connectivity index (χ3n) is 3.65. The average Bonchev–Trinajstić information content (AvgIpc) is 3.19. The first-order valence-corrected chi connectivity index (χ1v) is 10.6. The van der Waals surface area contributed by atoms with Gasteiger partial charge in [-0.1, -0.05) is 23.1 Å². The number of methoxy groups -OCH3 is 1. The van der Waals surface area contributed by atoms with Crippen molar-refractivity contribution in [2.75, 3.05) is 24.8 Å². The summed E-state index contributed by atoms with van der Waals surface area (Å²) in [4.78, 5) is 0. The Bertz CT molecular complexity index is 953. The van der Waals surface area contributed by atoms with E-state index in [0.29, 0.717) is 26.7 Å². The molecule has 1 heterocycles. The van der Waals surface area contributed by atoms with Crippen LogP contribution in [0.2, 0.25) is 0 Å². The van der Waals surface area contributed by atoms with Gasteiger partial charge in [-0.15, -0.1) is 23.4 Å². The van der Waals surface area contributed by atoms with Gasteiger partial charge in [-0.25, -0.2) is 0 Å². The van der Waals surface area contributed by atoms with E-state index >= 15 is 0 Å². The summed E-state index contributed by atoms with van der Waals surface area (Å²) < 4.78 is 51.7. The Morgan fingerprint density at radius 3 is 2.32 bits per heavy atom. The van der Waals surface area contributed by atoms with E-state index in [4.69, 9.17) is 9.47 Å². The Morgan fingerprint density at radius 1 is 1.03 bits per heavy atom. The molecule has 0 radical (unpaired) electrons. The van der Waals surface area contributed by atoms with E-state index in [0.717, 1.165) is 5.75 Å². The molecule has 0 saturated carbocycles. The van der Waals surface area contributed by atoms with Crippen LogP contribution in [0.3, 0.4) is 0 Å². The summed E-state index contributed by atoms with van der Waals surface area (Å²) >= 11 is 2.57. The van der Waals surface area contributed by atoms with Crippen LogP contribution >= 0.6 is 23.1 Å². The van der Waals surface area contributed by atoms with Gasteiger partial charge in [0.15, 0.2) is 4.34 Å². The molecule has 2 N–H and O–H groups in total. The number of benzene rings is 2. The van der Waals surface area contributed by atoms with Crippen LogP contribution in [0.25, 0.3) is 0 Å². The van der Waals surface area contributed by atoms with Gasteiger partial charge in [0.1, 0.15) is 23.9 Å². The third-order valence-corrected chi connectivity index (χ3v) is 5.76. The fraction of sp³-hybridized carbons (Fsp3) is 0.263. The number of hydrogen-bond donors (Lipinski definition) is 2. The van der Waals surface area contributed by atoms with Gasteiger partial charge in [0.2, 0.25) is 5.13 Å².